The number of hydrogen-bond donors (Lipinski definition) is 3. The van der Waals surface area contributed by atoms with Crippen LogP contribution in [0.15, 0.2) is 0 Å². The number of carboxylic acid groups (broad SMARTS) is 2. The van der Waals surface area contributed by atoms with Crippen LogP contribution < -0.4 is 5.32 Å². The van der Waals surface area contributed by atoms with Crippen molar-refractivity contribution < 1.29 is 29.3 Å². The molecule has 0 rings (SSSR count). The van der Waals surface area contributed by atoms with E-state index in [9.17, 15) is 14.4 Å². The minimum Gasteiger partial charge on any atom is -0.481 e. The number of rotatable bonds is 6. The highest BCUT2D eigenvalue weighted by molar-refractivity contribution is 5.82. The van der Waals surface area contributed by atoms with Gasteiger partial charge in [-0.25, -0.2) is 4.79 Å². The standard InChI is InChI=1S/C9H15NO6/c1-3-16-8(15)10-5-9(2,7(13)14)4-6(11)12/h3-5H2,1-2H3,(H,10,15)(H,11,12)(H,13,14). The fraction of sp³-hybridized carbons (Fsp3) is 0.667. The van der Waals surface area contributed by atoms with Crippen molar-refractivity contribution in [1.82, 2.24) is 5.32 Å². The van der Waals surface area contributed by atoms with Gasteiger partial charge in [0, 0.05) is 6.54 Å². The highest BCUT2D eigenvalue weighted by atomic mass is 16.5. The van der Waals surface area contributed by atoms with E-state index in [-0.39, 0.29) is 13.2 Å². The number of carbonyl (C=O) groups is 3. The van der Waals surface area contributed by atoms with Crippen molar-refractivity contribution in [3.05, 3.63) is 0 Å². The highest BCUT2D eigenvalue weighted by Gasteiger charge is 2.36. The molecule has 0 aromatic heterocycles. The number of ether oxygens (including phenoxy) is 1. The summed E-state index contributed by atoms with van der Waals surface area (Å²) in [5.74, 6) is -2.53. The average molecular weight is 233 g/mol. The predicted molar refractivity (Wildman–Crippen MR) is 53.0 cm³/mol. The molecule has 1 atom stereocenters. The zero-order valence-corrected chi connectivity index (χ0v) is 9.15. The van der Waals surface area contributed by atoms with Crippen LogP contribution in [0.1, 0.15) is 20.3 Å². The van der Waals surface area contributed by atoms with Gasteiger partial charge in [0.2, 0.25) is 0 Å². The molecule has 0 aliphatic carbocycles. The van der Waals surface area contributed by atoms with Gasteiger partial charge in [-0.3, -0.25) is 9.59 Å². The lowest BCUT2D eigenvalue weighted by molar-refractivity contribution is -0.154. The molecule has 92 valence electrons. The van der Waals surface area contributed by atoms with Gasteiger partial charge in [0.05, 0.1) is 18.4 Å². The largest absolute Gasteiger partial charge is 0.481 e. The van der Waals surface area contributed by atoms with Crippen molar-refractivity contribution in [1.29, 1.82) is 0 Å². The molecule has 0 heterocycles. The number of nitrogens with one attached hydrogen (secondary N) is 1. The molecule has 0 saturated carbocycles. The molecule has 7 nitrogen and oxygen atoms in total. The van der Waals surface area contributed by atoms with Gasteiger partial charge in [0.15, 0.2) is 0 Å². The third-order valence-electron chi connectivity index (χ3n) is 1.96. The normalized spacial score (nSPS) is 13.6. The molecule has 0 aromatic carbocycles. The number of alkyl carbamates (subject to hydrolysis) is 1. The second-order valence-corrected chi connectivity index (χ2v) is 3.51. The van der Waals surface area contributed by atoms with Crippen molar-refractivity contribution in [3.8, 4) is 0 Å². The van der Waals surface area contributed by atoms with Gasteiger partial charge in [0.25, 0.3) is 0 Å². The van der Waals surface area contributed by atoms with E-state index in [4.69, 9.17) is 10.2 Å². The van der Waals surface area contributed by atoms with Gasteiger partial charge in [-0.05, 0) is 13.8 Å². The minimum absolute atomic E-state index is 0.161. The van der Waals surface area contributed by atoms with E-state index >= 15 is 0 Å². The Morgan fingerprint density at radius 1 is 1.31 bits per heavy atom. The summed E-state index contributed by atoms with van der Waals surface area (Å²) in [6.07, 6.45) is -1.34. The lowest BCUT2D eigenvalue weighted by Gasteiger charge is -2.22. The fourth-order valence-electron chi connectivity index (χ4n) is 0.997. The van der Waals surface area contributed by atoms with Crippen molar-refractivity contribution in [2.24, 2.45) is 5.41 Å². The molecule has 0 aliphatic heterocycles. The number of carbonyl (C=O) groups excluding carboxylic acids is 1. The van der Waals surface area contributed by atoms with Crippen LogP contribution in [0.25, 0.3) is 0 Å². The Hall–Kier alpha value is -1.79. The van der Waals surface area contributed by atoms with Gasteiger partial charge in [-0.2, -0.15) is 0 Å². The minimum atomic E-state index is -1.54. The Morgan fingerprint density at radius 2 is 1.88 bits per heavy atom. The third kappa shape index (κ3) is 4.63. The number of hydrogen-bond acceptors (Lipinski definition) is 4. The molecule has 7 heteroatoms. The summed E-state index contributed by atoms with van der Waals surface area (Å²) in [7, 11) is 0. The molecule has 0 aliphatic rings. The molecule has 0 radical (unpaired) electrons. The summed E-state index contributed by atoms with van der Waals surface area (Å²) in [5, 5.41) is 19.6. The molecule has 1 unspecified atom stereocenters. The summed E-state index contributed by atoms with van der Waals surface area (Å²) in [5.41, 5.74) is -1.54. The third-order valence-corrected chi connectivity index (χ3v) is 1.96. The molecule has 1 amide bonds. The Kier molecular flexibility index (Phi) is 5.27. The zero-order valence-electron chi connectivity index (χ0n) is 9.15. The second-order valence-electron chi connectivity index (χ2n) is 3.51. The molecule has 16 heavy (non-hydrogen) atoms. The van der Waals surface area contributed by atoms with Crippen LogP contribution in [-0.4, -0.2) is 41.4 Å². The van der Waals surface area contributed by atoms with Crippen LogP contribution in [0, 0.1) is 5.41 Å². The van der Waals surface area contributed by atoms with E-state index in [0.29, 0.717) is 0 Å². The Morgan fingerprint density at radius 3 is 2.25 bits per heavy atom. The van der Waals surface area contributed by atoms with E-state index in [1.54, 1.807) is 6.92 Å². The Balaban J connectivity index is 4.39. The van der Waals surface area contributed by atoms with E-state index in [1.807, 2.05) is 0 Å². The van der Waals surface area contributed by atoms with Crippen molar-refractivity contribution in [3.63, 3.8) is 0 Å². The zero-order chi connectivity index (χ0) is 12.8. The maximum absolute atomic E-state index is 10.9. The van der Waals surface area contributed by atoms with Crippen molar-refractivity contribution in [2.45, 2.75) is 20.3 Å². The van der Waals surface area contributed by atoms with Gasteiger partial charge in [-0.15, -0.1) is 0 Å². The van der Waals surface area contributed by atoms with Crippen molar-refractivity contribution >= 4 is 18.0 Å². The number of aliphatic carboxylic acids is 2. The summed E-state index contributed by atoms with van der Waals surface area (Å²) in [6.45, 7) is 2.71. The van der Waals surface area contributed by atoms with Crippen LogP contribution in [0.3, 0.4) is 0 Å². The van der Waals surface area contributed by atoms with Gasteiger partial charge < -0.3 is 20.3 Å². The quantitative estimate of drug-likeness (QED) is 0.608. The van der Waals surface area contributed by atoms with Crippen LogP contribution in [0.2, 0.25) is 0 Å². The molecule has 0 spiro atoms. The second kappa shape index (κ2) is 5.94. The summed E-state index contributed by atoms with van der Waals surface area (Å²) < 4.78 is 4.53. The molecule has 0 aromatic rings. The first-order valence-electron chi connectivity index (χ1n) is 4.67. The SMILES string of the molecule is CCOC(=O)NCC(C)(CC(=O)O)C(=O)O. The first-order chi connectivity index (χ1) is 7.31. The average Bonchev–Trinajstić information content (AvgIpc) is 2.14. The predicted octanol–water partition coefficient (Wildman–Crippen LogP) is 0.298. The lowest BCUT2D eigenvalue weighted by Crippen LogP contribution is -2.42. The first-order valence-corrected chi connectivity index (χ1v) is 4.67. The molecule has 0 saturated heterocycles. The van der Waals surface area contributed by atoms with Gasteiger partial charge in [0.1, 0.15) is 0 Å². The summed E-state index contributed by atoms with van der Waals surface area (Å²) in [4.78, 5) is 32.3. The summed E-state index contributed by atoms with van der Waals surface area (Å²) in [6, 6.07) is 0. The highest BCUT2D eigenvalue weighted by Crippen LogP contribution is 2.20. The fourth-order valence-corrected chi connectivity index (χ4v) is 0.997. The molecule has 0 fully saturated rings. The van der Waals surface area contributed by atoms with Crippen molar-refractivity contribution in [2.75, 3.05) is 13.2 Å². The van der Waals surface area contributed by atoms with Crippen LogP contribution in [0.5, 0.6) is 0 Å². The van der Waals surface area contributed by atoms with E-state index in [2.05, 4.69) is 10.1 Å². The van der Waals surface area contributed by atoms with Crippen LogP contribution >= 0.6 is 0 Å². The summed E-state index contributed by atoms with van der Waals surface area (Å²) >= 11 is 0. The molecule has 0 bridgehead atoms. The Labute approximate surface area is 92.4 Å². The monoisotopic (exact) mass is 233 g/mol. The lowest BCUT2D eigenvalue weighted by atomic mass is 9.87. The molecular formula is C9H15NO6. The maximum atomic E-state index is 10.9. The van der Waals surface area contributed by atoms with Crippen LogP contribution in [-0.2, 0) is 14.3 Å². The van der Waals surface area contributed by atoms with Gasteiger partial charge >= 0.3 is 18.0 Å². The first kappa shape index (κ1) is 14.2. The van der Waals surface area contributed by atoms with E-state index in [0.717, 1.165) is 0 Å². The topological polar surface area (TPSA) is 113 Å². The number of carboxylic acids is 2. The van der Waals surface area contributed by atoms with E-state index < -0.39 is 29.9 Å². The molecular weight excluding hydrogens is 218 g/mol. The smallest absolute Gasteiger partial charge is 0.407 e. The number of amides is 1. The van der Waals surface area contributed by atoms with Crippen LogP contribution in [0.4, 0.5) is 4.79 Å². The van der Waals surface area contributed by atoms with Gasteiger partial charge in [-0.1, -0.05) is 0 Å². The van der Waals surface area contributed by atoms with E-state index in [1.165, 1.54) is 6.92 Å². The maximum Gasteiger partial charge on any atom is 0.407 e. The molecule has 3 N–H and O–H groups in total. The Bertz CT molecular complexity index is 290.